The first-order valence-corrected chi connectivity index (χ1v) is 14.2. The van der Waals surface area contributed by atoms with Crippen molar-refractivity contribution < 1.29 is 22.8 Å². The summed E-state index contributed by atoms with van der Waals surface area (Å²) in [5.74, 6) is 0.156. The number of benzene rings is 1. The summed E-state index contributed by atoms with van der Waals surface area (Å²) < 4.78 is 25.3. The van der Waals surface area contributed by atoms with Crippen LogP contribution in [-0.4, -0.2) is 81.9 Å². The number of aromatic nitrogens is 2. The number of amides is 4. The number of carbonyl (C=O) groups is 3. The minimum absolute atomic E-state index is 0.0571. The van der Waals surface area contributed by atoms with E-state index in [4.69, 9.17) is 11.6 Å². The minimum atomic E-state index is -3.74. The van der Waals surface area contributed by atoms with Gasteiger partial charge in [-0.3, -0.25) is 9.36 Å². The van der Waals surface area contributed by atoms with Gasteiger partial charge in [-0.25, -0.2) is 23.0 Å². The highest BCUT2D eigenvalue weighted by Crippen LogP contribution is 2.28. The van der Waals surface area contributed by atoms with Crippen molar-refractivity contribution in [1.82, 2.24) is 24.7 Å². The van der Waals surface area contributed by atoms with E-state index in [1.807, 2.05) is 0 Å². The van der Waals surface area contributed by atoms with Crippen molar-refractivity contribution in [2.75, 3.05) is 24.7 Å². The summed E-state index contributed by atoms with van der Waals surface area (Å²) in [5, 5.41) is 5.70. The monoisotopic (exact) mass is 550 g/mol. The average molecular weight is 551 g/mol. The first-order valence-electron chi connectivity index (χ1n) is 11.9. The van der Waals surface area contributed by atoms with Crippen LogP contribution in [0.4, 0.5) is 15.3 Å². The Morgan fingerprint density at radius 2 is 1.78 bits per heavy atom. The first kappa shape index (κ1) is 26.9. The van der Waals surface area contributed by atoms with E-state index >= 15 is 0 Å². The van der Waals surface area contributed by atoms with Crippen LogP contribution in [-0.2, 0) is 21.2 Å². The Labute approximate surface area is 221 Å². The van der Waals surface area contributed by atoms with Crippen LogP contribution in [0, 0.1) is 6.92 Å². The molecule has 1 atom stereocenters. The number of halogens is 1. The third-order valence-electron chi connectivity index (χ3n) is 7.27. The van der Waals surface area contributed by atoms with Crippen LogP contribution < -0.4 is 10.6 Å². The maximum Gasteiger partial charge on any atom is 0.330 e. The molecule has 2 N–H and O–H groups in total. The smallest absolute Gasteiger partial charge is 0.330 e. The van der Waals surface area contributed by atoms with E-state index in [0.717, 1.165) is 11.9 Å². The van der Waals surface area contributed by atoms with Crippen molar-refractivity contribution in [3.63, 3.8) is 0 Å². The zero-order valence-corrected chi connectivity index (χ0v) is 22.8. The summed E-state index contributed by atoms with van der Waals surface area (Å²) in [5.41, 5.74) is 1.28. The maximum atomic E-state index is 13.6. The zero-order chi connectivity index (χ0) is 27.1. The van der Waals surface area contributed by atoms with Crippen LogP contribution >= 0.6 is 11.6 Å². The normalized spacial score (nSPS) is 17.5. The molecule has 37 heavy (non-hydrogen) atoms. The summed E-state index contributed by atoms with van der Waals surface area (Å²) in [6, 6.07) is 4.19. The summed E-state index contributed by atoms with van der Waals surface area (Å²) in [6.07, 6.45) is 3.82. The third kappa shape index (κ3) is 5.30. The molecule has 0 saturated carbocycles. The van der Waals surface area contributed by atoms with E-state index in [0.29, 0.717) is 49.0 Å². The van der Waals surface area contributed by atoms with Crippen molar-refractivity contribution in [3.05, 3.63) is 47.0 Å². The third-order valence-corrected chi connectivity index (χ3v) is 9.67. The number of hydrogen-bond acceptors (Lipinski definition) is 6. The van der Waals surface area contributed by atoms with Crippen molar-refractivity contribution in [3.8, 4) is 0 Å². The Hall–Kier alpha value is -3.12. The maximum absolute atomic E-state index is 13.6. The highest BCUT2D eigenvalue weighted by atomic mass is 35.5. The molecular weight excluding hydrogens is 520 g/mol. The van der Waals surface area contributed by atoms with Gasteiger partial charge in [-0.15, -0.1) is 0 Å². The summed E-state index contributed by atoms with van der Waals surface area (Å²) in [4.78, 5) is 46.8. The highest BCUT2D eigenvalue weighted by molar-refractivity contribution is 7.92. The number of urea groups is 1. The predicted molar refractivity (Wildman–Crippen MR) is 139 cm³/mol. The van der Waals surface area contributed by atoms with E-state index in [2.05, 4.69) is 15.6 Å². The second-order valence-corrected chi connectivity index (χ2v) is 13.0. The molecule has 2 aliphatic rings. The SMILES string of the molecule is Cc1ncc2n1C(=O)N(C1CCN(C(=O)[C@H](NC(=O)Nc3ccc(Cl)cc3)C(C)(C)S(C)(=O)=O)CC1)C2. The Balaban J connectivity index is 1.45. The van der Waals surface area contributed by atoms with E-state index in [9.17, 15) is 22.8 Å². The fourth-order valence-corrected chi connectivity index (χ4v) is 5.39. The van der Waals surface area contributed by atoms with Gasteiger partial charge in [-0.2, -0.15) is 0 Å². The molecule has 1 saturated heterocycles. The quantitative estimate of drug-likeness (QED) is 0.568. The fourth-order valence-electron chi connectivity index (χ4n) is 4.68. The molecule has 11 nitrogen and oxygen atoms in total. The zero-order valence-electron chi connectivity index (χ0n) is 21.2. The number of fused-ring (bicyclic) bond motifs is 1. The first-order chi connectivity index (χ1) is 17.3. The van der Waals surface area contributed by atoms with Crippen LogP contribution in [0.3, 0.4) is 0 Å². The number of imidazole rings is 1. The van der Waals surface area contributed by atoms with Crippen LogP contribution in [0.1, 0.15) is 38.2 Å². The highest BCUT2D eigenvalue weighted by Gasteiger charge is 2.47. The Bertz CT molecular complexity index is 1320. The number of likely N-dealkylation sites (tertiary alicyclic amines) is 1. The van der Waals surface area contributed by atoms with Crippen LogP contribution in [0.15, 0.2) is 30.5 Å². The largest absolute Gasteiger partial charge is 0.341 e. The Morgan fingerprint density at radius 3 is 2.35 bits per heavy atom. The lowest BCUT2D eigenvalue weighted by atomic mass is 9.98. The van der Waals surface area contributed by atoms with Crippen molar-refractivity contribution in [2.24, 2.45) is 0 Å². The van der Waals surface area contributed by atoms with Gasteiger partial charge in [0.1, 0.15) is 11.9 Å². The summed E-state index contributed by atoms with van der Waals surface area (Å²) >= 11 is 5.88. The Kier molecular flexibility index (Phi) is 7.26. The second kappa shape index (κ2) is 9.97. The lowest BCUT2D eigenvalue weighted by Gasteiger charge is -2.40. The van der Waals surface area contributed by atoms with Crippen molar-refractivity contribution >= 4 is 45.1 Å². The number of nitrogens with zero attached hydrogens (tertiary/aromatic N) is 4. The average Bonchev–Trinajstić information content (AvgIpc) is 3.37. The van der Waals surface area contributed by atoms with E-state index < -0.39 is 32.6 Å². The molecule has 3 heterocycles. The molecule has 0 aliphatic carbocycles. The van der Waals surface area contributed by atoms with Gasteiger partial charge in [0.15, 0.2) is 9.84 Å². The van der Waals surface area contributed by atoms with Gasteiger partial charge < -0.3 is 20.4 Å². The van der Waals surface area contributed by atoms with Gasteiger partial charge in [-0.1, -0.05) is 11.6 Å². The molecule has 4 amide bonds. The number of aryl methyl sites for hydroxylation is 1. The predicted octanol–water partition coefficient (Wildman–Crippen LogP) is 2.63. The fraction of sp³-hybridized carbons (Fsp3) is 0.500. The molecule has 0 bridgehead atoms. The summed E-state index contributed by atoms with van der Waals surface area (Å²) in [7, 11) is -3.74. The topological polar surface area (TPSA) is 134 Å². The standard InChI is InChI=1S/C24H31ClN6O5S/c1-15-26-13-19-14-30(23(34)31(15)19)18-9-11-29(12-10-18)21(32)20(24(2,3)37(4,35)36)28-22(33)27-17-7-5-16(25)6-8-17/h5-8,13,18,20H,9-12,14H2,1-4H3,(H2,27,28,33)/t20-/m0/s1. The molecule has 2 aliphatic heterocycles. The number of piperidine rings is 1. The molecule has 1 aromatic carbocycles. The van der Waals surface area contributed by atoms with Crippen LogP contribution in [0.2, 0.25) is 5.02 Å². The number of anilines is 1. The number of rotatable bonds is 6. The molecule has 0 spiro atoms. The molecular formula is C24H31ClN6O5S. The molecule has 4 rings (SSSR count). The molecule has 1 fully saturated rings. The number of nitrogens with one attached hydrogen (secondary N) is 2. The lowest BCUT2D eigenvalue weighted by molar-refractivity contribution is -0.135. The number of carbonyl (C=O) groups excluding carboxylic acids is 3. The van der Waals surface area contributed by atoms with Gasteiger partial charge >= 0.3 is 12.1 Å². The van der Waals surface area contributed by atoms with Crippen LogP contribution in [0.5, 0.6) is 0 Å². The lowest BCUT2D eigenvalue weighted by Crippen LogP contribution is -2.62. The second-order valence-electron chi connectivity index (χ2n) is 10.0. The van der Waals surface area contributed by atoms with Gasteiger partial charge in [-0.05, 0) is 57.9 Å². The van der Waals surface area contributed by atoms with Crippen molar-refractivity contribution in [1.29, 1.82) is 0 Å². The minimum Gasteiger partial charge on any atom is -0.341 e. The summed E-state index contributed by atoms with van der Waals surface area (Å²) in [6.45, 7) is 5.76. The van der Waals surface area contributed by atoms with Crippen molar-refractivity contribution in [2.45, 2.75) is 57.0 Å². The molecule has 2 aromatic rings. The van der Waals surface area contributed by atoms with E-state index in [1.54, 1.807) is 51.8 Å². The Morgan fingerprint density at radius 1 is 1.16 bits per heavy atom. The van der Waals surface area contributed by atoms with Gasteiger partial charge in [0.25, 0.3) is 0 Å². The molecule has 0 unspecified atom stereocenters. The number of sulfone groups is 1. The molecule has 1 aromatic heterocycles. The number of hydrogen-bond donors (Lipinski definition) is 2. The van der Waals surface area contributed by atoms with Gasteiger partial charge in [0.05, 0.1) is 23.2 Å². The molecule has 200 valence electrons. The van der Waals surface area contributed by atoms with Gasteiger partial charge in [0.2, 0.25) is 5.91 Å². The van der Waals surface area contributed by atoms with E-state index in [1.165, 1.54) is 13.8 Å². The molecule has 13 heteroatoms. The molecule has 0 radical (unpaired) electrons. The van der Waals surface area contributed by atoms with E-state index in [-0.39, 0.29) is 12.1 Å². The van der Waals surface area contributed by atoms with Gasteiger partial charge in [0, 0.05) is 36.1 Å². The van der Waals surface area contributed by atoms with Crippen LogP contribution in [0.25, 0.3) is 0 Å².